The number of nitrogens with zero attached hydrogens (tertiary/aromatic N) is 4. The molecule has 0 aliphatic heterocycles. The topological polar surface area (TPSA) is 84.7 Å². The molecule has 0 saturated heterocycles. The Morgan fingerprint density at radius 2 is 1.96 bits per heavy atom. The number of aryl methyl sites for hydroxylation is 1. The first-order chi connectivity index (χ1) is 12.1. The Bertz CT molecular complexity index is 862. The Morgan fingerprint density at radius 1 is 1.12 bits per heavy atom. The Balaban J connectivity index is 1.48. The summed E-state index contributed by atoms with van der Waals surface area (Å²) in [4.78, 5) is 12.0. The number of anilines is 1. The molecule has 1 aromatic carbocycles. The maximum absolute atomic E-state index is 12.0. The second-order valence-corrected chi connectivity index (χ2v) is 5.75. The Labute approximate surface area is 150 Å². The summed E-state index contributed by atoms with van der Waals surface area (Å²) in [5.74, 6) is 1.06. The van der Waals surface area contributed by atoms with Gasteiger partial charge in [0.15, 0.2) is 5.82 Å². The lowest BCUT2D eigenvalue weighted by Gasteiger charge is -2.08. The molecule has 2 heterocycles. The van der Waals surface area contributed by atoms with E-state index >= 15 is 0 Å². The summed E-state index contributed by atoms with van der Waals surface area (Å²) in [5.41, 5.74) is 1.38. The van der Waals surface area contributed by atoms with Crippen molar-refractivity contribution in [2.45, 2.75) is 6.92 Å². The Hall–Kier alpha value is -2.93. The van der Waals surface area contributed by atoms with Crippen molar-refractivity contribution in [1.82, 2.24) is 25.3 Å². The number of carbonyl (C=O) groups is 1. The summed E-state index contributed by atoms with van der Waals surface area (Å²) in [6.45, 7) is 2.87. The van der Waals surface area contributed by atoms with E-state index in [0.29, 0.717) is 35.3 Å². The first-order valence-corrected chi connectivity index (χ1v) is 8.14. The highest BCUT2D eigenvalue weighted by atomic mass is 35.5. The molecule has 128 valence electrons. The molecule has 7 nitrogen and oxygen atoms in total. The van der Waals surface area contributed by atoms with E-state index in [0.717, 1.165) is 5.69 Å². The highest BCUT2D eigenvalue weighted by molar-refractivity contribution is 6.33. The standard InChI is InChI=1S/C17H17ClN6O/c1-12-8-11-24(23-12)16-7-6-15(21-22-16)19-9-10-20-17(25)13-4-2-3-5-14(13)18/h2-8,11H,9-10H2,1H3,(H,19,21)(H,20,25). The van der Waals surface area contributed by atoms with Crippen LogP contribution in [0.5, 0.6) is 0 Å². The Morgan fingerprint density at radius 3 is 2.64 bits per heavy atom. The lowest BCUT2D eigenvalue weighted by atomic mass is 10.2. The largest absolute Gasteiger partial charge is 0.367 e. The van der Waals surface area contributed by atoms with Crippen LogP contribution in [0.2, 0.25) is 5.02 Å². The third-order valence-corrected chi connectivity index (χ3v) is 3.77. The van der Waals surface area contributed by atoms with Crippen LogP contribution in [0.4, 0.5) is 5.82 Å². The molecule has 0 aliphatic carbocycles. The zero-order valence-corrected chi connectivity index (χ0v) is 14.4. The third kappa shape index (κ3) is 4.33. The number of halogens is 1. The van der Waals surface area contributed by atoms with E-state index in [9.17, 15) is 4.79 Å². The molecule has 0 unspecified atom stereocenters. The van der Waals surface area contributed by atoms with Crippen molar-refractivity contribution in [3.8, 4) is 5.82 Å². The van der Waals surface area contributed by atoms with Crippen LogP contribution in [-0.4, -0.2) is 39.0 Å². The third-order valence-electron chi connectivity index (χ3n) is 3.44. The molecule has 3 rings (SSSR count). The fourth-order valence-corrected chi connectivity index (χ4v) is 2.41. The van der Waals surface area contributed by atoms with Gasteiger partial charge in [0.25, 0.3) is 5.91 Å². The van der Waals surface area contributed by atoms with E-state index in [-0.39, 0.29) is 5.91 Å². The SMILES string of the molecule is Cc1ccn(-c2ccc(NCCNC(=O)c3ccccc3Cl)nn2)n1. The van der Waals surface area contributed by atoms with Crippen molar-refractivity contribution >= 4 is 23.3 Å². The minimum Gasteiger partial charge on any atom is -0.367 e. The number of hydrogen-bond donors (Lipinski definition) is 2. The van der Waals surface area contributed by atoms with Gasteiger partial charge in [-0.1, -0.05) is 23.7 Å². The summed E-state index contributed by atoms with van der Waals surface area (Å²) in [6, 6.07) is 12.5. The molecule has 2 aromatic heterocycles. The summed E-state index contributed by atoms with van der Waals surface area (Å²) in [5, 5.41) is 18.8. The van der Waals surface area contributed by atoms with Crippen molar-refractivity contribution in [1.29, 1.82) is 0 Å². The van der Waals surface area contributed by atoms with Crippen molar-refractivity contribution in [2.75, 3.05) is 18.4 Å². The number of carbonyl (C=O) groups excluding carboxylic acids is 1. The molecule has 0 bridgehead atoms. The predicted octanol–water partition coefficient (Wildman–Crippen LogP) is 2.47. The molecular weight excluding hydrogens is 340 g/mol. The molecule has 0 fully saturated rings. The average Bonchev–Trinajstić information content (AvgIpc) is 3.06. The van der Waals surface area contributed by atoms with Gasteiger partial charge in [-0.05, 0) is 37.3 Å². The highest BCUT2D eigenvalue weighted by Gasteiger charge is 2.08. The lowest BCUT2D eigenvalue weighted by molar-refractivity contribution is 0.0955. The zero-order chi connectivity index (χ0) is 17.6. The number of hydrogen-bond acceptors (Lipinski definition) is 5. The number of amides is 1. The summed E-state index contributed by atoms with van der Waals surface area (Å²) in [7, 11) is 0. The molecule has 8 heteroatoms. The normalized spacial score (nSPS) is 10.5. The zero-order valence-electron chi connectivity index (χ0n) is 13.6. The van der Waals surface area contributed by atoms with Crippen molar-refractivity contribution in [2.24, 2.45) is 0 Å². The summed E-state index contributed by atoms with van der Waals surface area (Å²) < 4.78 is 1.66. The number of aromatic nitrogens is 4. The van der Waals surface area contributed by atoms with Gasteiger partial charge in [-0.3, -0.25) is 4.79 Å². The first kappa shape index (κ1) is 16.9. The van der Waals surface area contributed by atoms with E-state index < -0.39 is 0 Å². The molecule has 3 aromatic rings. The maximum Gasteiger partial charge on any atom is 0.252 e. The molecule has 1 amide bonds. The fourth-order valence-electron chi connectivity index (χ4n) is 2.19. The summed E-state index contributed by atoms with van der Waals surface area (Å²) in [6.07, 6.45) is 1.83. The molecular formula is C17H17ClN6O. The van der Waals surface area contributed by atoms with Crippen molar-refractivity contribution in [3.05, 3.63) is 64.9 Å². The van der Waals surface area contributed by atoms with Crippen LogP contribution >= 0.6 is 11.6 Å². The molecule has 0 aliphatic rings. The predicted molar refractivity (Wildman–Crippen MR) is 96.2 cm³/mol. The van der Waals surface area contributed by atoms with Gasteiger partial charge in [0.05, 0.1) is 16.3 Å². The number of nitrogens with one attached hydrogen (secondary N) is 2. The number of benzene rings is 1. The van der Waals surface area contributed by atoms with E-state index in [1.807, 2.05) is 31.3 Å². The molecule has 0 radical (unpaired) electrons. The number of rotatable bonds is 6. The van der Waals surface area contributed by atoms with E-state index in [1.54, 1.807) is 28.9 Å². The van der Waals surface area contributed by atoms with E-state index in [1.165, 1.54) is 0 Å². The fraction of sp³-hybridized carbons (Fsp3) is 0.176. The van der Waals surface area contributed by atoms with Gasteiger partial charge in [0, 0.05) is 19.3 Å². The maximum atomic E-state index is 12.0. The Kier molecular flexibility index (Phi) is 5.25. The average molecular weight is 357 g/mol. The second-order valence-electron chi connectivity index (χ2n) is 5.34. The molecule has 2 N–H and O–H groups in total. The van der Waals surface area contributed by atoms with E-state index in [2.05, 4.69) is 25.9 Å². The van der Waals surface area contributed by atoms with E-state index in [4.69, 9.17) is 11.6 Å². The minimum absolute atomic E-state index is 0.206. The monoisotopic (exact) mass is 356 g/mol. The van der Waals surface area contributed by atoms with Gasteiger partial charge in [-0.25, -0.2) is 4.68 Å². The van der Waals surface area contributed by atoms with Crippen LogP contribution in [0.25, 0.3) is 5.82 Å². The quantitative estimate of drug-likeness (QED) is 0.663. The first-order valence-electron chi connectivity index (χ1n) is 7.76. The molecule has 0 saturated carbocycles. The molecule has 0 atom stereocenters. The molecule has 0 spiro atoms. The smallest absolute Gasteiger partial charge is 0.252 e. The lowest BCUT2D eigenvalue weighted by Crippen LogP contribution is -2.29. The van der Waals surface area contributed by atoms with Crippen molar-refractivity contribution < 1.29 is 4.79 Å². The summed E-state index contributed by atoms with van der Waals surface area (Å²) >= 11 is 5.99. The van der Waals surface area contributed by atoms with Gasteiger partial charge < -0.3 is 10.6 Å². The van der Waals surface area contributed by atoms with Crippen LogP contribution in [0.15, 0.2) is 48.7 Å². The molecule has 25 heavy (non-hydrogen) atoms. The van der Waals surface area contributed by atoms with Gasteiger partial charge in [0.1, 0.15) is 5.82 Å². The van der Waals surface area contributed by atoms with Gasteiger partial charge in [-0.2, -0.15) is 5.10 Å². The minimum atomic E-state index is -0.206. The van der Waals surface area contributed by atoms with Crippen LogP contribution < -0.4 is 10.6 Å². The van der Waals surface area contributed by atoms with Crippen LogP contribution in [0, 0.1) is 6.92 Å². The van der Waals surface area contributed by atoms with Gasteiger partial charge in [0.2, 0.25) is 0 Å². The van der Waals surface area contributed by atoms with Crippen LogP contribution in [0.3, 0.4) is 0 Å². The van der Waals surface area contributed by atoms with Gasteiger partial charge in [-0.15, -0.1) is 10.2 Å². The highest BCUT2D eigenvalue weighted by Crippen LogP contribution is 2.14. The second kappa shape index (κ2) is 7.76. The van der Waals surface area contributed by atoms with Crippen LogP contribution in [0.1, 0.15) is 16.1 Å². The van der Waals surface area contributed by atoms with Crippen LogP contribution in [-0.2, 0) is 0 Å². The van der Waals surface area contributed by atoms with Gasteiger partial charge >= 0.3 is 0 Å². The van der Waals surface area contributed by atoms with Crippen molar-refractivity contribution in [3.63, 3.8) is 0 Å².